The second kappa shape index (κ2) is 8.87. The Bertz CT molecular complexity index is 887. The highest BCUT2D eigenvalue weighted by Crippen LogP contribution is 2.24. The van der Waals surface area contributed by atoms with Gasteiger partial charge >= 0.3 is 0 Å². The third-order valence-corrected chi connectivity index (χ3v) is 4.87. The van der Waals surface area contributed by atoms with Crippen molar-refractivity contribution in [2.45, 2.75) is 38.1 Å². The summed E-state index contributed by atoms with van der Waals surface area (Å²) in [7, 11) is 0. The molecule has 2 N–H and O–H groups in total. The van der Waals surface area contributed by atoms with E-state index in [2.05, 4.69) is 35.0 Å². The van der Waals surface area contributed by atoms with Gasteiger partial charge in [0.25, 0.3) is 0 Å². The van der Waals surface area contributed by atoms with Crippen LogP contribution < -0.4 is 5.73 Å². The molecule has 0 spiro atoms. The lowest BCUT2D eigenvalue weighted by atomic mass is 10.0. The number of rotatable bonds is 4. The van der Waals surface area contributed by atoms with E-state index in [1.54, 1.807) is 0 Å². The SMILES string of the molecule is Cl.NC1=NC(Cc2cc(-c3ccccc3)nn2-c2ccccc2)CCCC1. The summed E-state index contributed by atoms with van der Waals surface area (Å²) in [6, 6.07) is 23.1. The molecule has 0 radical (unpaired) electrons. The molecule has 140 valence electrons. The minimum Gasteiger partial charge on any atom is -0.387 e. The molecule has 1 aliphatic heterocycles. The quantitative estimate of drug-likeness (QED) is 0.706. The second-order valence-electron chi connectivity index (χ2n) is 6.86. The van der Waals surface area contributed by atoms with E-state index in [0.717, 1.165) is 48.5 Å². The highest BCUT2D eigenvalue weighted by molar-refractivity contribution is 5.85. The number of aromatic nitrogens is 2. The first-order valence-electron chi connectivity index (χ1n) is 9.31. The average Bonchev–Trinajstić information content (AvgIpc) is 2.99. The van der Waals surface area contributed by atoms with Crippen LogP contribution in [0.15, 0.2) is 71.7 Å². The van der Waals surface area contributed by atoms with Crippen LogP contribution in [0.25, 0.3) is 16.9 Å². The molecule has 4 nitrogen and oxygen atoms in total. The zero-order chi connectivity index (χ0) is 17.8. The lowest BCUT2D eigenvalue weighted by Crippen LogP contribution is -2.17. The molecule has 1 aromatic heterocycles. The number of nitrogens with two attached hydrogens (primary N) is 1. The van der Waals surface area contributed by atoms with E-state index >= 15 is 0 Å². The van der Waals surface area contributed by atoms with Gasteiger partial charge in [0.15, 0.2) is 0 Å². The molecule has 0 aliphatic carbocycles. The van der Waals surface area contributed by atoms with Crippen LogP contribution in [0.2, 0.25) is 0 Å². The van der Waals surface area contributed by atoms with Crippen molar-refractivity contribution in [2.75, 3.05) is 0 Å². The van der Waals surface area contributed by atoms with Gasteiger partial charge in [-0.3, -0.25) is 4.99 Å². The van der Waals surface area contributed by atoms with Crippen molar-refractivity contribution < 1.29 is 0 Å². The van der Waals surface area contributed by atoms with Crippen molar-refractivity contribution in [3.8, 4) is 16.9 Å². The summed E-state index contributed by atoms with van der Waals surface area (Å²) in [6.07, 6.45) is 5.18. The molecule has 0 saturated carbocycles. The maximum Gasteiger partial charge on any atom is 0.0940 e. The van der Waals surface area contributed by atoms with Crippen molar-refractivity contribution in [3.05, 3.63) is 72.4 Å². The molecular weight excluding hydrogens is 356 g/mol. The van der Waals surface area contributed by atoms with Gasteiger partial charge in [-0.15, -0.1) is 12.4 Å². The number of benzene rings is 2. The Morgan fingerprint density at radius 3 is 2.41 bits per heavy atom. The number of hydrogen-bond donors (Lipinski definition) is 1. The predicted molar refractivity (Wildman–Crippen MR) is 114 cm³/mol. The molecule has 1 aliphatic rings. The van der Waals surface area contributed by atoms with Crippen LogP contribution >= 0.6 is 12.4 Å². The summed E-state index contributed by atoms with van der Waals surface area (Å²) in [6.45, 7) is 0. The normalized spacial score (nSPS) is 16.9. The van der Waals surface area contributed by atoms with Gasteiger partial charge in [-0.2, -0.15) is 5.10 Å². The van der Waals surface area contributed by atoms with Gasteiger partial charge in [0.1, 0.15) is 0 Å². The molecular formula is C22H25ClN4. The monoisotopic (exact) mass is 380 g/mol. The summed E-state index contributed by atoms with van der Waals surface area (Å²) in [4.78, 5) is 4.74. The van der Waals surface area contributed by atoms with E-state index in [4.69, 9.17) is 15.8 Å². The van der Waals surface area contributed by atoms with E-state index in [0.29, 0.717) is 0 Å². The zero-order valence-corrected chi connectivity index (χ0v) is 16.1. The predicted octanol–water partition coefficient (Wildman–Crippen LogP) is 4.80. The third-order valence-electron chi connectivity index (χ3n) is 4.87. The van der Waals surface area contributed by atoms with Gasteiger partial charge in [-0.25, -0.2) is 4.68 Å². The molecule has 5 heteroatoms. The number of nitrogens with zero attached hydrogens (tertiary/aromatic N) is 3. The molecule has 1 atom stereocenters. The van der Waals surface area contributed by atoms with E-state index in [1.807, 2.05) is 36.4 Å². The van der Waals surface area contributed by atoms with Crippen LogP contribution in [0.4, 0.5) is 0 Å². The molecule has 0 fully saturated rings. The summed E-state index contributed by atoms with van der Waals surface area (Å²) < 4.78 is 2.05. The first-order chi connectivity index (χ1) is 12.8. The molecule has 1 unspecified atom stereocenters. The fraction of sp³-hybridized carbons (Fsp3) is 0.273. The van der Waals surface area contributed by atoms with Crippen LogP contribution in [0, 0.1) is 0 Å². The van der Waals surface area contributed by atoms with Crippen molar-refractivity contribution in [2.24, 2.45) is 10.7 Å². The maximum absolute atomic E-state index is 6.05. The minimum absolute atomic E-state index is 0. The van der Waals surface area contributed by atoms with Gasteiger partial charge < -0.3 is 5.73 Å². The van der Waals surface area contributed by atoms with Gasteiger partial charge in [0.05, 0.1) is 23.3 Å². The Kier molecular flexibility index (Phi) is 6.30. The Hall–Kier alpha value is -2.59. The Morgan fingerprint density at radius 2 is 1.67 bits per heavy atom. The van der Waals surface area contributed by atoms with Crippen LogP contribution in [0.3, 0.4) is 0 Å². The summed E-state index contributed by atoms with van der Waals surface area (Å²) in [5, 5.41) is 4.90. The van der Waals surface area contributed by atoms with Crippen LogP contribution in [0.1, 0.15) is 31.4 Å². The van der Waals surface area contributed by atoms with Crippen molar-refractivity contribution in [3.63, 3.8) is 0 Å². The van der Waals surface area contributed by atoms with Gasteiger partial charge in [0.2, 0.25) is 0 Å². The molecule has 0 saturated heterocycles. The smallest absolute Gasteiger partial charge is 0.0940 e. The third kappa shape index (κ3) is 4.58. The molecule has 27 heavy (non-hydrogen) atoms. The van der Waals surface area contributed by atoms with Crippen molar-refractivity contribution in [1.82, 2.24) is 9.78 Å². The summed E-state index contributed by atoms with van der Waals surface area (Å²) >= 11 is 0. The van der Waals surface area contributed by atoms with Crippen molar-refractivity contribution in [1.29, 1.82) is 0 Å². The van der Waals surface area contributed by atoms with Crippen LogP contribution in [0.5, 0.6) is 0 Å². The second-order valence-corrected chi connectivity index (χ2v) is 6.86. The number of amidine groups is 1. The number of para-hydroxylation sites is 1. The fourth-order valence-electron chi connectivity index (χ4n) is 3.55. The van der Waals surface area contributed by atoms with Gasteiger partial charge in [0, 0.05) is 24.1 Å². The van der Waals surface area contributed by atoms with Crippen LogP contribution in [-0.4, -0.2) is 21.7 Å². The molecule has 2 aromatic carbocycles. The molecule has 2 heterocycles. The Morgan fingerprint density at radius 1 is 0.963 bits per heavy atom. The first-order valence-corrected chi connectivity index (χ1v) is 9.31. The largest absolute Gasteiger partial charge is 0.387 e. The van der Waals surface area contributed by atoms with E-state index < -0.39 is 0 Å². The van der Waals surface area contributed by atoms with E-state index in [9.17, 15) is 0 Å². The Labute approximate surface area is 166 Å². The Balaban J connectivity index is 0.00000210. The van der Waals surface area contributed by atoms with Crippen LogP contribution in [-0.2, 0) is 6.42 Å². The molecule has 3 aromatic rings. The minimum atomic E-state index is 0. The number of aliphatic imine (C=N–C) groups is 1. The highest BCUT2D eigenvalue weighted by atomic mass is 35.5. The molecule has 4 rings (SSSR count). The first kappa shape index (κ1) is 19.2. The lowest BCUT2D eigenvalue weighted by molar-refractivity contribution is 0.573. The van der Waals surface area contributed by atoms with E-state index in [1.165, 1.54) is 12.1 Å². The molecule has 0 amide bonds. The number of hydrogen-bond acceptors (Lipinski definition) is 3. The lowest BCUT2D eigenvalue weighted by Gasteiger charge is -2.12. The van der Waals surface area contributed by atoms with Crippen molar-refractivity contribution >= 4 is 18.2 Å². The summed E-state index contributed by atoms with van der Waals surface area (Å²) in [5.74, 6) is 0.793. The standard InChI is InChI=1S/C22H24N4.ClH/c23-22-14-8-7-11-18(24-22)15-20-16-21(17-9-3-1-4-10-17)25-26(20)19-12-5-2-6-13-19;/h1-6,9-10,12-13,16,18H,7-8,11,14-15H2,(H2,23,24);1H. The summed E-state index contributed by atoms with van der Waals surface area (Å²) in [5.41, 5.74) is 10.4. The van der Waals surface area contributed by atoms with Gasteiger partial charge in [-0.1, -0.05) is 55.0 Å². The van der Waals surface area contributed by atoms with E-state index in [-0.39, 0.29) is 18.4 Å². The van der Waals surface area contributed by atoms with Gasteiger partial charge in [-0.05, 0) is 31.0 Å². The average molecular weight is 381 g/mol. The zero-order valence-electron chi connectivity index (χ0n) is 15.3. The maximum atomic E-state index is 6.05. The topological polar surface area (TPSA) is 56.2 Å². The number of halogens is 1. The highest BCUT2D eigenvalue weighted by Gasteiger charge is 2.18. The molecule has 0 bridgehead atoms. The fourth-order valence-corrected chi connectivity index (χ4v) is 3.55.